The number of ether oxygens (including phenoxy) is 2. The molecule has 2 aromatic carbocycles. The van der Waals surface area contributed by atoms with Crippen LogP contribution >= 0.6 is 12.4 Å². The predicted molar refractivity (Wildman–Crippen MR) is 98.1 cm³/mol. The summed E-state index contributed by atoms with van der Waals surface area (Å²) in [6, 6.07) is 13.0. The first kappa shape index (κ1) is 21.8. The number of rotatable bonds is 8. The maximum atomic E-state index is 12.6. The Morgan fingerprint density at radius 3 is 2.50 bits per heavy atom. The minimum Gasteiger partial charge on any atom is -0.435 e. The van der Waals surface area contributed by atoms with E-state index in [0.29, 0.717) is 17.7 Å². The van der Waals surface area contributed by atoms with Gasteiger partial charge in [-0.15, -0.1) is 12.4 Å². The van der Waals surface area contributed by atoms with Gasteiger partial charge in [0.25, 0.3) is 0 Å². The minimum atomic E-state index is -2.93. The molecule has 0 spiro atoms. The Morgan fingerprint density at radius 2 is 1.88 bits per heavy atom. The Morgan fingerprint density at radius 1 is 1.19 bits per heavy atom. The standard InChI is InChI=1S/C18H20F2N2O3.ClH/c1-24-11-15(21)17(23)22-14-7-8-16(25-18(19)20)13(10-14)9-12-5-3-2-4-6-12;/h2-8,10,15,18H,9,11,21H2,1H3,(H,22,23);1H. The molecule has 1 unspecified atom stereocenters. The van der Waals surface area contributed by atoms with Crippen molar-refractivity contribution in [2.75, 3.05) is 19.0 Å². The molecule has 0 saturated carbocycles. The summed E-state index contributed by atoms with van der Waals surface area (Å²) >= 11 is 0. The van der Waals surface area contributed by atoms with Gasteiger partial charge in [0, 0.05) is 24.8 Å². The van der Waals surface area contributed by atoms with Gasteiger partial charge in [0.15, 0.2) is 0 Å². The lowest BCUT2D eigenvalue weighted by atomic mass is 10.0. The van der Waals surface area contributed by atoms with Crippen molar-refractivity contribution in [3.63, 3.8) is 0 Å². The number of halogens is 3. The molecule has 26 heavy (non-hydrogen) atoms. The topological polar surface area (TPSA) is 73.6 Å². The summed E-state index contributed by atoms with van der Waals surface area (Å²) in [6.07, 6.45) is 0.386. The van der Waals surface area contributed by atoms with Crippen LogP contribution in [0.3, 0.4) is 0 Å². The van der Waals surface area contributed by atoms with Gasteiger partial charge < -0.3 is 20.5 Å². The van der Waals surface area contributed by atoms with Crippen LogP contribution < -0.4 is 15.8 Å². The van der Waals surface area contributed by atoms with Gasteiger partial charge in [-0.2, -0.15) is 8.78 Å². The van der Waals surface area contributed by atoms with Crippen molar-refractivity contribution >= 4 is 24.0 Å². The Hall–Kier alpha value is -2.22. The number of anilines is 1. The Bertz CT molecular complexity index is 702. The lowest BCUT2D eigenvalue weighted by molar-refractivity contribution is -0.118. The normalized spacial score (nSPS) is 11.6. The van der Waals surface area contributed by atoms with Crippen LogP contribution in [0.15, 0.2) is 48.5 Å². The molecule has 1 amide bonds. The molecule has 0 fully saturated rings. The largest absolute Gasteiger partial charge is 0.435 e. The highest BCUT2D eigenvalue weighted by molar-refractivity contribution is 5.94. The molecule has 0 saturated heterocycles. The average molecular weight is 387 g/mol. The maximum absolute atomic E-state index is 12.6. The number of methoxy groups -OCH3 is 1. The SMILES string of the molecule is COCC(N)C(=O)Nc1ccc(OC(F)F)c(Cc2ccccc2)c1.Cl. The monoisotopic (exact) mass is 386 g/mol. The summed E-state index contributed by atoms with van der Waals surface area (Å²) in [5.74, 6) is -0.354. The van der Waals surface area contributed by atoms with E-state index in [1.165, 1.54) is 19.2 Å². The second-order valence-corrected chi connectivity index (χ2v) is 5.41. The molecule has 0 heterocycles. The van der Waals surface area contributed by atoms with Crippen LogP contribution in [-0.2, 0) is 16.0 Å². The molecular formula is C18H21ClF2N2O3. The Balaban J connectivity index is 0.00000338. The summed E-state index contributed by atoms with van der Waals surface area (Å²) in [6.45, 7) is -2.85. The second kappa shape index (κ2) is 10.7. The molecule has 5 nitrogen and oxygen atoms in total. The first-order chi connectivity index (χ1) is 12.0. The van der Waals surface area contributed by atoms with E-state index in [0.717, 1.165) is 5.56 Å². The molecular weight excluding hydrogens is 366 g/mol. The number of hydrogen-bond acceptors (Lipinski definition) is 4. The van der Waals surface area contributed by atoms with E-state index < -0.39 is 18.6 Å². The fourth-order valence-corrected chi connectivity index (χ4v) is 2.31. The first-order valence-electron chi connectivity index (χ1n) is 7.66. The van der Waals surface area contributed by atoms with Crippen LogP contribution in [0, 0.1) is 0 Å². The van der Waals surface area contributed by atoms with E-state index in [1.54, 1.807) is 6.07 Å². The third kappa shape index (κ3) is 6.59. The zero-order chi connectivity index (χ0) is 18.2. The number of nitrogens with one attached hydrogen (secondary N) is 1. The average Bonchev–Trinajstić information content (AvgIpc) is 2.58. The first-order valence-corrected chi connectivity index (χ1v) is 7.66. The predicted octanol–water partition coefficient (Wildman–Crippen LogP) is 3.21. The molecule has 0 radical (unpaired) electrons. The van der Waals surface area contributed by atoms with Crippen molar-refractivity contribution in [2.24, 2.45) is 5.73 Å². The molecule has 0 aliphatic rings. The lowest BCUT2D eigenvalue weighted by Gasteiger charge is -2.15. The van der Waals surface area contributed by atoms with Crippen molar-refractivity contribution in [1.82, 2.24) is 0 Å². The number of benzene rings is 2. The molecule has 2 rings (SSSR count). The summed E-state index contributed by atoms with van der Waals surface area (Å²) < 4.78 is 34.6. The van der Waals surface area contributed by atoms with Gasteiger partial charge in [0.2, 0.25) is 5.91 Å². The number of amides is 1. The molecule has 142 valence electrons. The molecule has 0 bridgehead atoms. The van der Waals surface area contributed by atoms with Crippen LogP contribution in [-0.4, -0.2) is 32.3 Å². The summed E-state index contributed by atoms with van der Waals surface area (Å²) in [5.41, 5.74) is 7.58. The summed E-state index contributed by atoms with van der Waals surface area (Å²) in [4.78, 5) is 12.0. The van der Waals surface area contributed by atoms with Crippen molar-refractivity contribution in [1.29, 1.82) is 0 Å². The Kier molecular flexibility index (Phi) is 8.98. The van der Waals surface area contributed by atoms with E-state index in [-0.39, 0.29) is 24.8 Å². The molecule has 8 heteroatoms. The molecule has 0 aromatic heterocycles. The van der Waals surface area contributed by atoms with Crippen LogP contribution in [0.25, 0.3) is 0 Å². The highest BCUT2D eigenvalue weighted by atomic mass is 35.5. The fraction of sp³-hybridized carbons (Fsp3) is 0.278. The van der Waals surface area contributed by atoms with Gasteiger partial charge in [0.05, 0.1) is 6.61 Å². The fourth-order valence-electron chi connectivity index (χ4n) is 2.31. The van der Waals surface area contributed by atoms with E-state index in [4.69, 9.17) is 10.5 Å². The van der Waals surface area contributed by atoms with Crippen molar-refractivity contribution in [2.45, 2.75) is 19.1 Å². The summed E-state index contributed by atoms with van der Waals surface area (Å²) in [5, 5.41) is 2.65. The zero-order valence-corrected chi connectivity index (χ0v) is 15.0. The summed E-state index contributed by atoms with van der Waals surface area (Å²) in [7, 11) is 1.45. The van der Waals surface area contributed by atoms with E-state index in [2.05, 4.69) is 10.1 Å². The molecule has 0 aliphatic carbocycles. The van der Waals surface area contributed by atoms with Gasteiger partial charge in [-0.3, -0.25) is 4.79 Å². The molecule has 1 atom stereocenters. The van der Waals surface area contributed by atoms with Crippen LogP contribution in [0.5, 0.6) is 5.75 Å². The number of nitrogens with two attached hydrogens (primary N) is 1. The maximum Gasteiger partial charge on any atom is 0.387 e. The third-order valence-corrected chi connectivity index (χ3v) is 3.46. The molecule has 0 aliphatic heterocycles. The van der Waals surface area contributed by atoms with Crippen LogP contribution in [0.2, 0.25) is 0 Å². The number of carbonyl (C=O) groups is 1. The zero-order valence-electron chi connectivity index (χ0n) is 14.2. The van der Waals surface area contributed by atoms with E-state index >= 15 is 0 Å². The number of carbonyl (C=O) groups excluding carboxylic acids is 1. The second-order valence-electron chi connectivity index (χ2n) is 5.41. The third-order valence-electron chi connectivity index (χ3n) is 3.46. The minimum absolute atomic E-state index is 0. The molecule has 3 N–H and O–H groups in total. The molecule has 2 aromatic rings. The van der Waals surface area contributed by atoms with Gasteiger partial charge in [-0.1, -0.05) is 30.3 Å². The quantitative estimate of drug-likeness (QED) is 0.730. The number of hydrogen-bond donors (Lipinski definition) is 2. The van der Waals surface area contributed by atoms with Gasteiger partial charge in [-0.05, 0) is 23.8 Å². The van der Waals surface area contributed by atoms with Gasteiger partial charge in [-0.25, -0.2) is 0 Å². The van der Waals surface area contributed by atoms with Crippen LogP contribution in [0.4, 0.5) is 14.5 Å². The van der Waals surface area contributed by atoms with Crippen molar-refractivity contribution in [3.8, 4) is 5.75 Å². The highest BCUT2D eigenvalue weighted by Gasteiger charge is 2.15. The van der Waals surface area contributed by atoms with Crippen LogP contribution in [0.1, 0.15) is 11.1 Å². The van der Waals surface area contributed by atoms with Crippen molar-refractivity contribution in [3.05, 3.63) is 59.7 Å². The van der Waals surface area contributed by atoms with Crippen molar-refractivity contribution < 1.29 is 23.0 Å². The number of alkyl halides is 2. The van der Waals surface area contributed by atoms with Gasteiger partial charge in [0.1, 0.15) is 11.8 Å². The van der Waals surface area contributed by atoms with E-state index in [1.807, 2.05) is 30.3 Å². The smallest absolute Gasteiger partial charge is 0.387 e. The lowest BCUT2D eigenvalue weighted by Crippen LogP contribution is -2.39. The van der Waals surface area contributed by atoms with E-state index in [9.17, 15) is 13.6 Å². The Labute approximate surface area is 156 Å². The van der Waals surface area contributed by atoms with Gasteiger partial charge >= 0.3 is 6.61 Å². The highest BCUT2D eigenvalue weighted by Crippen LogP contribution is 2.27.